The number of carbonyl (C=O) groups excluding carboxylic acids is 2. The van der Waals surface area contributed by atoms with E-state index in [1.54, 1.807) is 31.2 Å². The largest absolute Gasteiger partial charge is 0.493 e. The summed E-state index contributed by atoms with van der Waals surface area (Å²) in [5, 5.41) is 0. The second-order valence-corrected chi connectivity index (χ2v) is 11.1. The molecule has 10 heteroatoms. The van der Waals surface area contributed by atoms with Gasteiger partial charge < -0.3 is 14.2 Å². The van der Waals surface area contributed by atoms with E-state index >= 15 is 0 Å². The third kappa shape index (κ3) is 5.81. The highest BCUT2D eigenvalue weighted by molar-refractivity contribution is 9.10. The molecule has 1 aliphatic rings. The monoisotopic (exact) mass is 598 g/mol. The molecular weight excluding hydrogens is 572 g/mol. The minimum Gasteiger partial charge on any atom is -0.493 e. The van der Waals surface area contributed by atoms with E-state index in [1.165, 1.54) is 29.9 Å². The number of ether oxygens (including phenoxy) is 3. The van der Waals surface area contributed by atoms with Crippen molar-refractivity contribution in [2.75, 3.05) is 13.7 Å². The molecule has 0 N–H and O–H groups in total. The Morgan fingerprint density at radius 2 is 1.95 bits per heavy atom. The maximum atomic E-state index is 13.8. The predicted octanol–water partition coefficient (Wildman–Crippen LogP) is 4.13. The van der Waals surface area contributed by atoms with Crippen molar-refractivity contribution in [3.8, 4) is 11.5 Å². The highest BCUT2D eigenvalue weighted by Crippen LogP contribution is 2.36. The molecule has 38 heavy (non-hydrogen) atoms. The lowest BCUT2D eigenvalue weighted by molar-refractivity contribution is -0.140. The Bertz CT molecular complexity index is 1620. The third-order valence-corrected chi connectivity index (χ3v) is 7.17. The number of fused-ring (bicyclic) bond motifs is 1. The first-order chi connectivity index (χ1) is 18.1. The van der Waals surface area contributed by atoms with Crippen LogP contribution in [0.15, 0.2) is 68.0 Å². The Labute approximate surface area is 232 Å². The Kier molecular flexibility index (Phi) is 8.32. The van der Waals surface area contributed by atoms with E-state index in [0.717, 1.165) is 10.0 Å². The van der Waals surface area contributed by atoms with Crippen LogP contribution in [0.2, 0.25) is 0 Å². The van der Waals surface area contributed by atoms with Crippen molar-refractivity contribution in [3.63, 3.8) is 0 Å². The van der Waals surface area contributed by atoms with E-state index in [2.05, 4.69) is 20.9 Å². The van der Waals surface area contributed by atoms with E-state index in [1.807, 2.05) is 38.1 Å². The molecule has 3 aromatic rings. The highest BCUT2D eigenvalue weighted by Gasteiger charge is 2.34. The van der Waals surface area contributed by atoms with Gasteiger partial charge in [0, 0.05) is 11.4 Å². The molecule has 0 aliphatic carbocycles. The standard InChI is InChI=1S/C28H27BrN2O6S/c1-15(2)14-36-27(34)24-16(3)30-28-31(26(33)23(38-28)12-18-7-6-8-20(29)11-18)25(24)19-9-10-21(37-17(4)32)22(13-19)35-5/h6-13,15,25H,14H2,1-5H3/b23-12-/t25-/m0/s1. The summed E-state index contributed by atoms with van der Waals surface area (Å²) in [4.78, 5) is 43.8. The van der Waals surface area contributed by atoms with Crippen LogP contribution in [0.25, 0.3) is 6.08 Å². The molecule has 0 radical (unpaired) electrons. The molecule has 1 aromatic heterocycles. The fourth-order valence-corrected chi connectivity index (χ4v) is 5.52. The van der Waals surface area contributed by atoms with E-state index in [4.69, 9.17) is 14.2 Å². The molecule has 0 amide bonds. The normalized spacial score (nSPS) is 15.2. The average Bonchev–Trinajstić information content (AvgIpc) is 3.15. The van der Waals surface area contributed by atoms with Gasteiger partial charge in [-0.3, -0.25) is 14.2 Å². The summed E-state index contributed by atoms with van der Waals surface area (Å²) in [6.07, 6.45) is 1.80. The first-order valence-corrected chi connectivity index (χ1v) is 13.5. The summed E-state index contributed by atoms with van der Waals surface area (Å²) in [5.74, 6) is -0.388. The van der Waals surface area contributed by atoms with Crippen molar-refractivity contribution in [2.24, 2.45) is 10.9 Å². The lowest BCUT2D eigenvalue weighted by Crippen LogP contribution is -2.40. The Morgan fingerprint density at radius 3 is 2.61 bits per heavy atom. The number of allylic oxidation sites excluding steroid dienone is 1. The first-order valence-electron chi connectivity index (χ1n) is 11.9. The number of aromatic nitrogens is 1. The van der Waals surface area contributed by atoms with Gasteiger partial charge in [0.05, 0.1) is 35.6 Å². The van der Waals surface area contributed by atoms with E-state index < -0.39 is 18.0 Å². The summed E-state index contributed by atoms with van der Waals surface area (Å²) in [6, 6.07) is 11.7. The SMILES string of the molecule is COc1cc([C@H]2C(C(=O)OCC(C)C)=C(C)N=c3s/c(=C\c4cccc(Br)c4)c(=O)n32)ccc1OC(C)=O. The van der Waals surface area contributed by atoms with Gasteiger partial charge in [-0.25, -0.2) is 9.79 Å². The topological polar surface area (TPSA) is 96.2 Å². The maximum Gasteiger partial charge on any atom is 0.338 e. The predicted molar refractivity (Wildman–Crippen MR) is 148 cm³/mol. The van der Waals surface area contributed by atoms with Gasteiger partial charge in [0.15, 0.2) is 16.3 Å². The van der Waals surface area contributed by atoms with Crippen molar-refractivity contribution >= 4 is 45.3 Å². The Balaban J connectivity index is 1.93. The number of nitrogens with zero attached hydrogens (tertiary/aromatic N) is 2. The quantitative estimate of drug-likeness (QED) is 0.300. The van der Waals surface area contributed by atoms with Crippen molar-refractivity contribution < 1.29 is 23.8 Å². The highest BCUT2D eigenvalue weighted by atomic mass is 79.9. The number of rotatable bonds is 7. The van der Waals surface area contributed by atoms with Crippen molar-refractivity contribution in [3.05, 3.63) is 89.0 Å². The number of methoxy groups -OCH3 is 1. The molecule has 198 valence electrons. The van der Waals surface area contributed by atoms with Crippen LogP contribution in [0.4, 0.5) is 0 Å². The second kappa shape index (κ2) is 11.5. The number of esters is 2. The van der Waals surface area contributed by atoms with E-state index in [0.29, 0.717) is 26.3 Å². The van der Waals surface area contributed by atoms with Crippen LogP contribution >= 0.6 is 27.3 Å². The van der Waals surface area contributed by atoms with Gasteiger partial charge in [0.2, 0.25) is 0 Å². The van der Waals surface area contributed by atoms with Gasteiger partial charge >= 0.3 is 11.9 Å². The summed E-state index contributed by atoms with van der Waals surface area (Å²) < 4.78 is 19.2. The minimum absolute atomic E-state index is 0.132. The molecule has 1 atom stereocenters. The zero-order valence-electron chi connectivity index (χ0n) is 21.6. The van der Waals surface area contributed by atoms with Crippen molar-refractivity contribution in [1.82, 2.24) is 4.57 Å². The molecular formula is C28H27BrN2O6S. The van der Waals surface area contributed by atoms with Gasteiger partial charge in [-0.1, -0.05) is 59.3 Å². The molecule has 4 rings (SSSR count). The summed E-state index contributed by atoms with van der Waals surface area (Å²) in [5.41, 5.74) is 1.86. The molecule has 2 heterocycles. The van der Waals surface area contributed by atoms with Gasteiger partial charge in [-0.15, -0.1) is 0 Å². The number of thiazole rings is 1. The van der Waals surface area contributed by atoms with E-state index in [-0.39, 0.29) is 29.4 Å². The summed E-state index contributed by atoms with van der Waals surface area (Å²) >= 11 is 4.71. The molecule has 0 saturated carbocycles. The fraction of sp³-hybridized carbons (Fsp3) is 0.286. The molecule has 0 unspecified atom stereocenters. The van der Waals surface area contributed by atoms with Crippen LogP contribution in [0.1, 0.15) is 44.9 Å². The van der Waals surface area contributed by atoms with E-state index in [9.17, 15) is 14.4 Å². The van der Waals surface area contributed by atoms with Crippen molar-refractivity contribution in [1.29, 1.82) is 0 Å². The number of hydrogen-bond acceptors (Lipinski definition) is 8. The van der Waals surface area contributed by atoms with Gasteiger partial charge in [-0.05, 0) is 54.3 Å². The minimum atomic E-state index is -0.823. The second-order valence-electron chi connectivity index (χ2n) is 9.13. The van der Waals surface area contributed by atoms with Crippen LogP contribution in [-0.4, -0.2) is 30.2 Å². The summed E-state index contributed by atoms with van der Waals surface area (Å²) in [6.45, 7) is 7.15. The van der Waals surface area contributed by atoms with Crippen LogP contribution in [0.5, 0.6) is 11.5 Å². The third-order valence-electron chi connectivity index (χ3n) is 5.69. The van der Waals surface area contributed by atoms with Crippen LogP contribution < -0.4 is 24.4 Å². The zero-order valence-corrected chi connectivity index (χ0v) is 24.0. The van der Waals surface area contributed by atoms with Crippen LogP contribution in [0, 0.1) is 5.92 Å². The molecule has 0 spiro atoms. The fourth-order valence-electron chi connectivity index (χ4n) is 4.06. The maximum absolute atomic E-state index is 13.8. The lowest BCUT2D eigenvalue weighted by atomic mass is 9.95. The number of hydrogen-bond donors (Lipinski definition) is 0. The summed E-state index contributed by atoms with van der Waals surface area (Å²) in [7, 11) is 1.45. The molecule has 2 aromatic carbocycles. The van der Waals surface area contributed by atoms with Gasteiger partial charge in [0.25, 0.3) is 5.56 Å². The molecule has 0 bridgehead atoms. The van der Waals surface area contributed by atoms with Gasteiger partial charge in [0.1, 0.15) is 0 Å². The number of carbonyl (C=O) groups is 2. The lowest BCUT2D eigenvalue weighted by Gasteiger charge is -2.25. The number of benzene rings is 2. The zero-order chi connectivity index (χ0) is 27.6. The Hall–Kier alpha value is -3.50. The Morgan fingerprint density at radius 1 is 1.18 bits per heavy atom. The van der Waals surface area contributed by atoms with Crippen LogP contribution in [0.3, 0.4) is 0 Å². The first kappa shape index (κ1) is 27.5. The molecule has 1 aliphatic heterocycles. The van der Waals surface area contributed by atoms with Crippen LogP contribution in [-0.2, 0) is 14.3 Å². The molecule has 8 nitrogen and oxygen atoms in total. The molecule has 0 saturated heterocycles. The van der Waals surface area contributed by atoms with Crippen molar-refractivity contribution in [2.45, 2.75) is 33.7 Å². The smallest absolute Gasteiger partial charge is 0.338 e. The molecule has 0 fully saturated rings. The number of halogens is 1. The van der Waals surface area contributed by atoms with Gasteiger partial charge in [-0.2, -0.15) is 0 Å². The average molecular weight is 600 g/mol.